The molecule has 1 N–H and O–H groups in total. The van der Waals surface area contributed by atoms with Crippen molar-refractivity contribution in [2.45, 2.75) is 70.3 Å². The lowest BCUT2D eigenvalue weighted by Crippen LogP contribution is -2.41. The molecule has 2 aromatic carbocycles. The molecule has 1 aromatic heterocycles. The van der Waals surface area contributed by atoms with Gasteiger partial charge in [-0.3, -0.25) is 9.48 Å². The minimum Gasteiger partial charge on any atom is -0.496 e. The van der Waals surface area contributed by atoms with Gasteiger partial charge in [0.15, 0.2) is 0 Å². The van der Waals surface area contributed by atoms with Gasteiger partial charge in [-0.1, -0.05) is 6.07 Å². The number of nitrogens with one attached hydrogen (secondary N) is 1. The minimum atomic E-state index is -3.40. The number of hydrogen-bond donors (Lipinski definition) is 1. The van der Waals surface area contributed by atoms with Crippen molar-refractivity contribution in [1.82, 2.24) is 15.1 Å². The van der Waals surface area contributed by atoms with Crippen LogP contribution in [0, 0.1) is 0 Å². The van der Waals surface area contributed by atoms with Crippen molar-refractivity contribution in [3.63, 3.8) is 0 Å². The maximum atomic E-state index is 14.5. The monoisotopic (exact) mass is 599 g/mol. The van der Waals surface area contributed by atoms with Gasteiger partial charge in [-0.05, 0) is 51.4 Å². The lowest BCUT2D eigenvalue weighted by Gasteiger charge is -2.32. The summed E-state index contributed by atoms with van der Waals surface area (Å²) in [5.74, 6) is -5.23. The molecule has 1 aliphatic carbocycles. The van der Waals surface area contributed by atoms with Crippen molar-refractivity contribution < 1.29 is 49.9 Å². The van der Waals surface area contributed by atoms with Gasteiger partial charge in [0.25, 0.3) is 18.3 Å². The first-order chi connectivity index (χ1) is 19.5. The van der Waals surface area contributed by atoms with Crippen LogP contribution in [0.5, 0.6) is 11.5 Å². The lowest BCUT2D eigenvalue weighted by molar-refractivity contribution is -0.0502. The van der Waals surface area contributed by atoms with Gasteiger partial charge in [0, 0.05) is 30.0 Å². The number of alkyl halides is 6. The molecule has 226 valence electrons. The summed E-state index contributed by atoms with van der Waals surface area (Å²) in [6.07, 6.45) is -3.59. The highest BCUT2D eigenvalue weighted by Crippen LogP contribution is 2.44. The van der Waals surface area contributed by atoms with Crippen molar-refractivity contribution in [2.24, 2.45) is 7.05 Å². The molecule has 0 bridgehead atoms. The molecular weight excluding hydrogens is 571 g/mol. The SMILES string of the molecule is COc1cc(-c2c3c(C(F)F)cc(B4OC(C)(C)C(C)(C)O4)cc3nn2C)cc(OC(F)F)c1C(=O)N[C@@H]1CC1(F)F. The van der Waals surface area contributed by atoms with E-state index in [1.165, 1.54) is 29.9 Å². The summed E-state index contributed by atoms with van der Waals surface area (Å²) in [5, 5.41) is 6.47. The summed E-state index contributed by atoms with van der Waals surface area (Å²) in [6.45, 7) is 3.90. The van der Waals surface area contributed by atoms with Crippen LogP contribution in [0.15, 0.2) is 24.3 Å². The third kappa shape index (κ3) is 5.17. The Bertz CT molecular complexity index is 1540. The number of methoxy groups -OCH3 is 1. The van der Waals surface area contributed by atoms with Crippen molar-refractivity contribution in [2.75, 3.05) is 7.11 Å². The van der Waals surface area contributed by atoms with Gasteiger partial charge in [0.05, 0.1) is 35.6 Å². The summed E-state index contributed by atoms with van der Waals surface area (Å²) in [6, 6.07) is 3.58. The number of carbonyl (C=O) groups excluding carboxylic acids is 1. The van der Waals surface area contributed by atoms with Crippen LogP contribution in [-0.4, -0.2) is 59.7 Å². The van der Waals surface area contributed by atoms with Gasteiger partial charge >= 0.3 is 13.7 Å². The molecule has 1 amide bonds. The van der Waals surface area contributed by atoms with E-state index in [4.69, 9.17) is 14.0 Å². The summed E-state index contributed by atoms with van der Waals surface area (Å²) < 4.78 is 106. The first-order valence-electron chi connectivity index (χ1n) is 13.0. The quantitative estimate of drug-likeness (QED) is 0.283. The Hall–Kier alpha value is -3.46. The zero-order valence-corrected chi connectivity index (χ0v) is 23.5. The molecule has 2 fully saturated rings. The molecule has 0 unspecified atom stereocenters. The number of halogens is 6. The Morgan fingerprint density at radius 1 is 1.07 bits per heavy atom. The number of fused-ring (bicyclic) bond motifs is 1. The fourth-order valence-electron chi connectivity index (χ4n) is 4.90. The van der Waals surface area contributed by atoms with Crippen LogP contribution in [-0.2, 0) is 16.4 Å². The zero-order valence-electron chi connectivity index (χ0n) is 23.5. The van der Waals surface area contributed by atoms with Crippen LogP contribution in [0.2, 0.25) is 0 Å². The largest absolute Gasteiger partial charge is 0.496 e. The van der Waals surface area contributed by atoms with Gasteiger partial charge < -0.3 is 24.1 Å². The van der Waals surface area contributed by atoms with Crippen LogP contribution in [0.25, 0.3) is 22.2 Å². The van der Waals surface area contributed by atoms with E-state index in [0.717, 1.165) is 13.2 Å². The molecule has 5 rings (SSSR count). The first kappa shape index (κ1) is 30.0. The van der Waals surface area contributed by atoms with Crippen molar-refractivity contribution in [3.8, 4) is 22.8 Å². The highest BCUT2D eigenvalue weighted by atomic mass is 19.3. The van der Waals surface area contributed by atoms with E-state index in [0.29, 0.717) is 5.46 Å². The minimum absolute atomic E-state index is 0.00708. The fraction of sp³-hybridized carbons (Fsp3) is 0.481. The Morgan fingerprint density at radius 2 is 1.67 bits per heavy atom. The normalized spacial score (nSPS) is 20.4. The van der Waals surface area contributed by atoms with Crippen LogP contribution in [0.4, 0.5) is 26.3 Å². The number of rotatable bonds is 8. The van der Waals surface area contributed by atoms with Crippen LogP contribution in [0.3, 0.4) is 0 Å². The van der Waals surface area contributed by atoms with Crippen LogP contribution in [0.1, 0.15) is 56.5 Å². The molecule has 2 aliphatic rings. The third-order valence-electron chi connectivity index (χ3n) is 7.88. The number of hydrogen-bond acceptors (Lipinski definition) is 6. The average Bonchev–Trinajstić information content (AvgIpc) is 3.20. The number of carbonyl (C=O) groups is 1. The maximum absolute atomic E-state index is 14.5. The van der Waals surface area contributed by atoms with Gasteiger partial charge in [-0.25, -0.2) is 17.6 Å². The summed E-state index contributed by atoms with van der Waals surface area (Å²) in [5.41, 5.74) is -1.85. The molecule has 2 heterocycles. The summed E-state index contributed by atoms with van der Waals surface area (Å²) >= 11 is 0. The fourth-order valence-corrected chi connectivity index (χ4v) is 4.90. The Labute approximate surface area is 237 Å². The van der Waals surface area contributed by atoms with E-state index < -0.39 is 72.5 Å². The molecule has 1 saturated carbocycles. The van der Waals surface area contributed by atoms with E-state index in [2.05, 4.69) is 15.2 Å². The van der Waals surface area contributed by atoms with Crippen LogP contribution < -0.4 is 20.3 Å². The summed E-state index contributed by atoms with van der Waals surface area (Å²) in [4.78, 5) is 12.9. The molecule has 3 aromatic rings. The summed E-state index contributed by atoms with van der Waals surface area (Å²) in [7, 11) is 1.65. The molecule has 1 atom stereocenters. The highest BCUT2D eigenvalue weighted by Gasteiger charge is 2.58. The topological polar surface area (TPSA) is 83.8 Å². The van der Waals surface area contributed by atoms with Gasteiger partial charge in [0.1, 0.15) is 17.1 Å². The Kier molecular flexibility index (Phi) is 7.20. The van der Waals surface area contributed by atoms with Crippen molar-refractivity contribution >= 4 is 29.4 Å². The van der Waals surface area contributed by atoms with Gasteiger partial charge in [-0.15, -0.1) is 0 Å². The number of nitrogens with zero attached hydrogens (tertiary/aromatic N) is 2. The average molecular weight is 599 g/mol. The number of ether oxygens (including phenoxy) is 2. The van der Waals surface area contributed by atoms with Gasteiger partial charge in [0.2, 0.25) is 0 Å². The van der Waals surface area contributed by atoms with Crippen molar-refractivity contribution in [1.29, 1.82) is 0 Å². The van der Waals surface area contributed by atoms with E-state index in [9.17, 15) is 31.1 Å². The molecule has 8 nitrogen and oxygen atoms in total. The maximum Gasteiger partial charge on any atom is 0.494 e. The highest BCUT2D eigenvalue weighted by molar-refractivity contribution is 6.62. The first-order valence-corrected chi connectivity index (χ1v) is 13.0. The second-order valence-electron chi connectivity index (χ2n) is 11.3. The smallest absolute Gasteiger partial charge is 0.494 e. The molecular formula is C27H28BF6N3O5. The van der Waals surface area contributed by atoms with Crippen molar-refractivity contribution in [3.05, 3.63) is 35.4 Å². The lowest BCUT2D eigenvalue weighted by atomic mass is 9.77. The predicted octanol–water partition coefficient (Wildman–Crippen LogP) is 5.22. The van der Waals surface area contributed by atoms with Gasteiger partial charge in [-0.2, -0.15) is 13.9 Å². The molecule has 1 saturated heterocycles. The Balaban J connectivity index is 1.65. The molecule has 1 aliphatic heterocycles. The molecule has 0 spiro atoms. The number of aryl methyl sites for hydroxylation is 1. The van der Waals surface area contributed by atoms with Crippen LogP contribution >= 0.6 is 0 Å². The molecule has 42 heavy (non-hydrogen) atoms. The zero-order chi connectivity index (χ0) is 30.9. The van der Waals surface area contributed by atoms with E-state index in [1.807, 2.05) is 27.7 Å². The van der Waals surface area contributed by atoms with E-state index in [-0.39, 0.29) is 27.9 Å². The predicted molar refractivity (Wildman–Crippen MR) is 141 cm³/mol. The second-order valence-corrected chi connectivity index (χ2v) is 11.3. The van der Waals surface area contributed by atoms with E-state index >= 15 is 0 Å². The number of aromatic nitrogens is 2. The number of amides is 1. The molecule has 0 radical (unpaired) electrons. The third-order valence-corrected chi connectivity index (χ3v) is 7.88. The Morgan fingerprint density at radius 3 is 2.19 bits per heavy atom. The van der Waals surface area contributed by atoms with E-state index in [1.54, 1.807) is 0 Å². The number of benzene rings is 2. The molecule has 15 heteroatoms. The standard InChI is InChI=1S/C27H28BF6N3O5/c1-25(2)26(3,4)42-28(41-25)13-9-14(22(29)30)19-15(10-13)36-37(5)21(19)12-7-16(39-6)20(17(8-12)40-24(31)32)23(38)35-18-11-27(18,33)34/h7-10,18,22,24H,11H2,1-6H3,(H,35,38)/t18-/m1/s1. The second kappa shape index (κ2) is 10.1.